The molecule has 0 aliphatic rings. The Kier molecular flexibility index (Phi) is 5.37. The van der Waals surface area contributed by atoms with Crippen LogP contribution in [0.2, 0.25) is 0 Å². The summed E-state index contributed by atoms with van der Waals surface area (Å²) < 4.78 is 0. The molecule has 1 amide bonds. The van der Waals surface area contributed by atoms with Gasteiger partial charge in [0.2, 0.25) is 0 Å². The van der Waals surface area contributed by atoms with E-state index in [1.54, 1.807) is 12.1 Å². The van der Waals surface area contributed by atoms with Crippen molar-refractivity contribution in [3.05, 3.63) is 35.4 Å². The Bertz CT molecular complexity index is 482. The SMILES string of the molecule is N#CCN(CC#N)C(=O)c1ccccc1CCN. The summed E-state index contributed by atoms with van der Waals surface area (Å²) in [4.78, 5) is 13.4. The Labute approximate surface area is 106 Å². The summed E-state index contributed by atoms with van der Waals surface area (Å²) in [7, 11) is 0. The molecule has 0 fully saturated rings. The van der Waals surface area contributed by atoms with Crippen LogP contribution in [-0.2, 0) is 6.42 Å². The molecule has 0 atom stereocenters. The van der Waals surface area contributed by atoms with Crippen LogP contribution in [-0.4, -0.2) is 30.4 Å². The van der Waals surface area contributed by atoms with Crippen molar-refractivity contribution in [2.75, 3.05) is 19.6 Å². The van der Waals surface area contributed by atoms with Crippen molar-refractivity contribution < 1.29 is 4.79 Å². The molecule has 5 nitrogen and oxygen atoms in total. The normalized spacial score (nSPS) is 9.28. The lowest BCUT2D eigenvalue weighted by Gasteiger charge is -2.17. The molecule has 0 spiro atoms. The summed E-state index contributed by atoms with van der Waals surface area (Å²) in [5.74, 6) is -0.304. The molecular weight excluding hydrogens is 228 g/mol. The first kappa shape index (κ1) is 13.7. The second-order valence-corrected chi connectivity index (χ2v) is 3.67. The van der Waals surface area contributed by atoms with Crippen molar-refractivity contribution in [3.63, 3.8) is 0 Å². The molecule has 0 saturated carbocycles. The minimum absolute atomic E-state index is 0.0939. The van der Waals surface area contributed by atoms with E-state index < -0.39 is 0 Å². The Morgan fingerprint density at radius 1 is 1.22 bits per heavy atom. The van der Waals surface area contributed by atoms with Crippen LogP contribution in [0.15, 0.2) is 24.3 Å². The van der Waals surface area contributed by atoms with E-state index in [1.165, 1.54) is 4.90 Å². The van der Waals surface area contributed by atoms with Gasteiger partial charge in [-0.05, 0) is 24.6 Å². The summed E-state index contributed by atoms with van der Waals surface area (Å²) in [6.07, 6.45) is 0.592. The summed E-state index contributed by atoms with van der Waals surface area (Å²) in [6, 6.07) is 10.9. The Balaban J connectivity index is 3.01. The van der Waals surface area contributed by atoms with Crippen LogP contribution < -0.4 is 5.73 Å². The number of nitrogens with zero attached hydrogens (tertiary/aromatic N) is 3. The lowest BCUT2D eigenvalue weighted by Crippen LogP contribution is -2.32. The monoisotopic (exact) mass is 242 g/mol. The number of rotatable bonds is 5. The van der Waals surface area contributed by atoms with Crippen molar-refractivity contribution >= 4 is 5.91 Å². The van der Waals surface area contributed by atoms with E-state index in [9.17, 15) is 4.79 Å². The molecule has 18 heavy (non-hydrogen) atoms. The third kappa shape index (κ3) is 3.31. The molecule has 0 aliphatic carbocycles. The third-order valence-electron chi connectivity index (χ3n) is 2.47. The van der Waals surface area contributed by atoms with Gasteiger partial charge in [0.15, 0.2) is 0 Å². The van der Waals surface area contributed by atoms with E-state index in [4.69, 9.17) is 16.3 Å². The van der Waals surface area contributed by atoms with Gasteiger partial charge in [0, 0.05) is 5.56 Å². The van der Waals surface area contributed by atoms with E-state index >= 15 is 0 Å². The maximum absolute atomic E-state index is 12.2. The zero-order chi connectivity index (χ0) is 13.4. The average molecular weight is 242 g/mol. The first-order chi connectivity index (χ1) is 8.74. The second kappa shape index (κ2) is 7.05. The molecule has 1 aromatic rings. The smallest absolute Gasteiger partial charge is 0.255 e. The number of hydrogen-bond donors (Lipinski definition) is 1. The van der Waals surface area contributed by atoms with Gasteiger partial charge in [-0.1, -0.05) is 18.2 Å². The maximum Gasteiger partial charge on any atom is 0.255 e. The predicted molar refractivity (Wildman–Crippen MR) is 66.3 cm³/mol. The fraction of sp³-hybridized carbons (Fsp3) is 0.308. The Hall–Kier alpha value is -2.37. The van der Waals surface area contributed by atoms with Crippen LogP contribution in [0.5, 0.6) is 0 Å². The highest BCUT2D eigenvalue weighted by Crippen LogP contribution is 2.12. The van der Waals surface area contributed by atoms with E-state index in [1.807, 2.05) is 24.3 Å². The van der Waals surface area contributed by atoms with E-state index in [2.05, 4.69) is 0 Å². The molecule has 92 valence electrons. The largest absolute Gasteiger partial charge is 0.330 e. The predicted octanol–water partition coefficient (Wildman–Crippen LogP) is 0.677. The lowest BCUT2D eigenvalue weighted by atomic mass is 10.0. The highest BCUT2D eigenvalue weighted by molar-refractivity contribution is 5.96. The van der Waals surface area contributed by atoms with Crippen LogP contribution in [0.3, 0.4) is 0 Å². The fourth-order valence-corrected chi connectivity index (χ4v) is 1.64. The van der Waals surface area contributed by atoms with Gasteiger partial charge in [-0.3, -0.25) is 4.79 Å². The average Bonchev–Trinajstić information content (AvgIpc) is 2.39. The van der Waals surface area contributed by atoms with Gasteiger partial charge in [-0.25, -0.2) is 0 Å². The molecule has 0 bridgehead atoms. The van der Waals surface area contributed by atoms with Crippen LogP contribution >= 0.6 is 0 Å². The van der Waals surface area contributed by atoms with Crippen molar-refractivity contribution in [1.29, 1.82) is 10.5 Å². The van der Waals surface area contributed by atoms with Crippen LogP contribution in [0.4, 0.5) is 0 Å². The van der Waals surface area contributed by atoms with Gasteiger partial charge in [0.05, 0.1) is 12.1 Å². The highest BCUT2D eigenvalue weighted by atomic mass is 16.2. The first-order valence-corrected chi connectivity index (χ1v) is 5.55. The molecule has 0 aliphatic heterocycles. The molecule has 0 aromatic heterocycles. The van der Waals surface area contributed by atoms with E-state index in [0.29, 0.717) is 18.5 Å². The Morgan fingerprint density at radius 2 is 1.83 bits per heavy atom. The molecule has 0 heterocycles. The summed E-state index contributed by atoms with van der Waals surface area (Å²) in [5, 5.41) is 17.3. The molecule has 1 aromatic carbocycles. The highest BCUT2D eigenvalue weighted by Gasteiger charge is 2.17. The second-order valence-electron chi connectivity index (χ2n) is 3.67. The first-order valence-electron chi connectivity index (χ1n) is 5.55. The fourth-order valence-electron chi connectivity index (χ4n) is 1.64. The van der Waals surface area contributed by atoms with Crippen molar-refractivity contribution in [3.8, 4) is 12.1 Å². The summed E-state index contributed by atoms with van der Waals surface area (Å²) >= 11 is 0. The van der Waals surface area contributed by atoms with Gasteiger partial charge < -0.3 is 10.6 Å². The molecule has 0 unspecified atom stereocenters. The lowest BCUT2D eigenvalue weighted by molar-refractivity contribution is 0.0793. The van der Waals surface area contributed by atoms with Gasteiger partial charge in [0.1, 0.15) is 13.1 Å². The van der Waals surface area contributed by atoms with Gasteiger partial charge in [0.25, 0.3) is 5.91 Å². The van der Waals surface area contributed by atoms with Crippen molar-refractivity contribution in [2.24, 2.45) is 5.73 Å². The number of carbonyl (C=O) groups excluding carboxylic acids is 1. The van der Waals surface area contributed by atoms with Crippen LogP contribution in [0, 0.1) is 22.7 Å². The van der Waals surface area contributed by atoms with E-state index in [-0.39, 0.29) is 19.0 Å². The maximum atomic E-state index is 12.2. The number of carbonyl (C=O) groups is 1. The molecule has 0 saturated heterocycles. The van der Waals surface area contributed by atoms with Crippen LogP contribution in [0.1, 0.15) is 15.9 Å². The number of benzene rings is 1. The van der Waals surface area contributed by atoms with E-state index in [0.717, 1.165) is 5.56 Å². The van der Waals surface area contributed by atoms with Crippen molar-refractivity contribution in [2.45, 2.75) is 6.42 Å². The molecule has 2 N–H and O–H groups in total. The molecular formula is C13H14N4O. The summed E-state index contributed by atoms with van der Waals surface area (Å²) in [6.45, 7) is 0.257. The van der Waals surface area contributed by atoms with Gasteiger partial charge in [-0.15, -0.1) is 0 Å². The Morgan fingerprint density at radius 3 is 2.39 bits per heavy atom. The number of amides is 1. The van der Waals surface area contributed by atoms with Gasteiger partial charge in [-0.2, -0.15) is 10.5 Å². The zero-order valence-electron chi connectivity index (χ0n) is 9.97. The third-order valence-corrected chi connectivity index (χ3v) is 2.47. The topological polar surface area (TPSA) is 93.9 Å². The zero-order valence-corrected chi connectivity index (χ0v) is 9.97. The molecule has 5 heteroatoms. The summed E-state index contributed by atoms with van der Waals surface area (Å²) in [5.41, 5.74) is 6.84. The van der Waals surface area contributed by atoms with Crippen LogP contribution in [0.25, 0.3) is 0 Å². The number of nitrogens with two attached hydrogens (primary N) is 1. The van der Waals surface area contributed by atoms with Gasteiger partial charge >= 0.3 is 0 Å². The quantitative estimate of drug-likeness (QED) is 0.768. The molecule has 1 rings (SSSR count). The number of nitriles is 2. The standard InChI is InChI=1S/C13H14N4O/c14-6-5-11-3-1-2-4-12(11)13(18)17(9-7-15)10-8-16/h1-4H,5-6,9-10,14H2. The minimum atomic E-state index is -0.304. The minimum Gasteiger partial charge on any atom is -0.330 e. The van der Waals surface area contributed by atoms with Crippen molar-refractivity contribution in [1.82, 2.24) is 4.90 Å². The number of hydrogen-bond acceptors (Lipinski definition) is 4. The molecule has 0 radical (unpaired) electrons.